The Hall–Kier alpha value is -2.62. The minimum Gasteiger partial charge on any atom is -0.482 e. The fraction of sp³-hybridized carbons (Fsp3) is 0.364. The van der Waals surface area contributed by atoms with Gasteiger partial charge in [-0.3, -0.25) is 9.59 Å². The Bertz CT molecular complexity index is 1200. The first-order valence-corrected chi connectivity index (χ1v) is 12.1. The van der Waals surface area contributed by atoms with Crippen molar-refractivity contribution in [1.82, 2.24) is 4.31 Å². The molecule has 2 aromatic carbocycles. The third-order valence-corrected chi connectivity index (χ3v) is 7.98. The molecule has 4 rings (SSSR count). The summed E-state index contributed by atoms with van der Waals surface area (Å²) in [5.41, 5.74) is 2.44. The number of hydrogen-bond donors (Lipinski definition) is 2. The molecule has 2 heterocycles. The van der Waals surface area contributed by atoms with Crippen LogP contribution in [0.2, 0.25) is 5.02 Å². The number of halogens is 1. The Morgan fingerprint density at radius 1 is 1.22 bits per heavy atom. The van der Waals surface area contributed by atoms with E-state index in [-0.39, 0.29) is 29.9 Å². The second kappa shape index (κ2) is 8.73. The van der Waals surface area contributed by atoms with Crippen molar-refractivity contribution in [3.8, 4) is 5.75 Å². The second-order valence-electron chi connectivity index (χ2n) is 8.10. The predicted octanol–water partition coefficient (Wildman–Crippen LogP) is 3.33. The summed E-state index contributed by atoms with van der Waals surface area (Å²) in [5, 5.41) is 6.08. The van der Waals surface area contributed by atoms with E-state index in [4.69, 9.17) is 16.3 Å². The van der Waals surface area contributed by atoms with E-state index in [1.54, 1.807) is 25.1 Å². The molecule has 2 aliphatic heterocycles. The number of piperidine rings is 1. The molecular weight excluding hydrogens is 454 g/mol. The quantitative estimate of drug-likeness (QED) is 0.702. The Labute approximate surface area is 191 Å². The first-order chi connectivity index (χ1) is 15.1. The molecule has 2 aliphatic rings. The van der Waals surface area contributed by atoms with Crippen molar-refractivity contribution in [2.75, 3.05) is 30.3 Å². The summed E-state index contributed by atoms with van der Waals surface area (Å²) in [6, 6.07) is 8.28. The summed E-state index contributed by atoms with van der Waals surface area (Å²) in [4.78, 5) is 24.5. The Morgan fingerprint density at radius 2 is 2.00 bits per heavy atom. The average Bonchev–Trinajstić information content (AvgIpc) is 2.75. The second-order valence-corrected chi connectivity index (χ2v) is 10.4. The fourth-order valence-electron chi connectivity index (χ4n) is 3.97. The van der Waals surface area contributed by atoms with Gasteiger partial charge in [0, 0.05) is 29.9 Å². The topological polar surface area (TPSA) is 105 Å². The van der Waals surface area contributed by atoms with Gasteiger partial charge in [-0.05, 0) is 56.0 Å². The number of rotatable bonds is 4. The van der Waals surface area contributed by atoms with Crippen LogP contribution < -0.4 is 15.4 Å². The highest BCUT2D eigenvalue weighted by Crippen LogP contribution is 2.35. The van der Waals surface area contributed by atoms with Crippen LogP contribution in [-0.2, 0) is 19.6 Å². The molecule has 0 aliphatic carbocycles. The monoisotopic (exact) mass is 477 g/mol. The number of amides is 2. The van der Waals surface area contributed by atoms with Crippen LogP contribution in [-0.4, -0.2) is 44.2 Å². The lowest BCUT2D eigenvalue weighted by molar-refractivity contribution is -0.121. The number of fused-ring (bicyclic) bond motifs is 1. The van der Waals surface area contributed by atoms with Gasteiger partial charge in [0.25, 0.3) is 5.91 Å². The third-order valence-electron chi connectivity index (χ3n) is 5.74. The van der Waals surface area contributed by atoms with Crippen LogP contribution in [0.1, 0.15) is 24.0 Å². The van der Waals surface area contributed by atoms with Crippen molar-refractivity contribution >= 4 is 44.8 Å². The van der Waals surface area contributed by atoms with E-state index in [0.29, 0.717) is 47.1 Å². The van der Waals surface area contributed by atoms with Crippen LogP contribution >= 0.6 is 11.6 Å². The number of nitrogens with one attached hydrogen (secondary N) is 2. The van der Waals surface area contributed by atoms with Crippen molar-refractivity contribution in [1.29, 1.82) is 0 Å². The number of benzene rings is 2. The largest absolute Gasteiger partial charge is 0.482 e. The smallest absolute Gasteiger partial charge is 0.262 e. The molecule has 0 aromatic heterocycles. The van der Waals surface area contributed by atoms with Crippen LogP contribution in [0.25, 0.3) is 0 Å². The fourth-order valence-corrected chi connectivity index (χ4v) is 5.89. The molecule has 0 unspecified atom stereocenters. The zero-order valence-electron chi connectivity index (χ0n) is 17.8. The van der Waals surface area contributed by atoms with E-state index in [1.165, 1.54) is 10.4 Å². The lowest BCUT2D eigenvalue weighted by atomic mass is 9.98. The van der Waals surface area contributed by atoms with Gasteiger partial charge in [-0.15, -0.1) is 0 Å². The van der Waals surface area contributed by atoms with E-state index in [9.17, 15) is 18.0 Å². The normalized spacial score (nSPS) is 19.0. The lowest BCUT2D eigenvalue weighted by Gasteiger charge is -2.32. The average molecular weight is 478 g/mol. The maximum Gasteiger partial charge on any atom is 0.262 e. The van der Waals surface area contributed by atoms with Gasteiger partial charge < -0.3 is 15.4 Å². The number of anilines is 2. The van der Waals surface area contributed by atoms with E-state index in [0.717, 1.165) is 5.56 Å². The van der Waals surface area contributed by atoms with Crippen LogP contribution in [0.3, 0.4) is 0 Å². The first kappa shape index (κ1) is 22.6. The van der Waals surface area contributed by atoms with Crippen molar-refractivity contribution < 1.29 is 22.7 Å². The molecule has 8 nitrogen and oxygen atoms in total. The van der Waals surface area contributed by atoms with Crippen molar-refractivity contribution in [3.05, 3.63) is 46.5 Å². The number of aryl methyl sites for hydroxylation is 2. The molecule has 0 bridgehead atoms. The summed E-state index contributed by atoms with van der Waals surface area (Å²) >= 11 is 6.04. The minimum absolute atomic E-state index is 0.0852. The molecule has 1 atom stereocenters. The van der Waals surface area contributed by atoms with Crippen LogP contribution in [0.4, 0.5) is 11.4 Å². The van der Waals surface area contributed by atoms with Crippen LogP contribution in [0.5, 0.6) is 5.75 Å². The summed E-state index contributed by atoms with van der Waals surface area (Å²) in [6.45, 7) is 3.79. The predicted molar refractivity (Wildman–Crippen MR) is 122 cm³/mol. The molecule has 1 saturated heterocycles. The molecule has 0 radical (unpaired) electrons. The SMILES string of the molecule is Cc1ccc(Cl)cc1NC(=O)[C@H]1CCCN(S(=O)(=O)c2cc3c(cc2C)NC(=O)CO3)C1. The number of hydrogen-bond acceptors (Lipinski definition) is 5. The van der Waals surface area contributed by atoms with Crippen molar-refractivity contribution in [3.63, 3.8) is 0 Å². The standard InChI is InChI=1S/C22H24ClN3O5S/c1-13-5-6-16(23)9-17(13)25-22(28)15-4-3-7-26(11-15)32(29,30)20-10-19-18(8-14(20)2)24-21(27)12-31-19/h5-6,8-10,15H,3-4,7,11-12H2,1-2H3,(H,24,27)(H,25,28)/t15-/m0/s1. The summed E-state index contributed by atoms with van der Waals surface area (Å²) in [5.74, 6) is -0.683. The number of ether oxygens (including phenoxy) is 1. The molecule has 1 fully saturated rings. The molecular formula is C22H24ClN3O5S. The Balaban J connectivity index is 1.54. The zero-order chi connectivity index (χ0) is 23.0. The maximum absolute atomic E-state index is 13.4. The van der Waals surface area contributed by atoms with Gasteiger partial charge in [0.1, 0.15) is 5.75 Å². The number of carbonyl (C=O) groups is 2. The van der Waals surface area contributed by atoms with Gasteiger partial charge in [0.15, 0.2) is 6.61 Å². The first-order valence-electron chi connectivity index (χ1n) is 10.3. The molecule has 0 saturated carbocycles. The van der Waals surface area contributed by atoms with Crippen LogP contribution in [0.15, 0.2) is 35.2 Å². The number of sulfonamides is 1. The number of carbonyl (C=O) groups excluding carboxylic acids is 2. The molecule has 0 spiro atoms. The highest BCUT2D eigenvalue weighted by Gasteiger charge is 2.35. The van der Waals surface area contributed by atoms with E-state index in [2.05, 4.69) is 10.6 Å². The van der Waals surface area contributed by atoms with Gasteiger partial charge in [-0.1, -0.05) is 17.7 Å². The minimum atomic E-state index is -3.85. The summed E-state index contributed by atoms with van der Waals surface area (Å²) in [7, 11) is -3.85. The third kappa shape index (κ3) is 4.46. The zero-order valence-corrected chi connectivity index (χ0v) is 19.3. The Kier molecular flexibility index (Phi) is 6.15. The molecule has 32 heavy (non-hydrogen) atoms. The van der Waals surface area contributed by atoms with Gasteiger partial charge in [-0.25, -0.2) is 8.42 Å². The van der Waals surface area contributed by atoms with E-state index in [1.807, 2.05) is 13.0 Å². The van der Waals surface area contributed by atoms with Crippen molar-refractivity contribution in [2.45, 2.75) is 31.6 Å². The highest BCUT2D eigenvalue weighted by atomic mass is 35.5. The van der Waals surface area contributed by atoms with Gasteiger partial charge in [-0.2, -0.15) is 4.31 Å². The van der Waals surface area contributed by atoms with Crippen molar-refractivity contribution in [2.24, 2.45) is 5.92 Å². The summed E-state index contributed by atoms with van der Waals surface area (Å²) < 4.78 is 33.6. The maximum atomic E-state index is 13.4. The van der Waals surface area contributed by atoms with Gasteiger partial charge in [0.2, 0.25) is 15.9 Å². The highest BCUT2D eigenvalue weighted by molar-refractivity contribution is 7.89. The lowest BCUT2D eigenvalue weighted by Crippen LogP contribution is -2.44. The molecule has 2 N–H and O–H groups in total. The van der Waals surface area contributed by atoms with E-state index >= 15 is 0 Å². The van der Waals surface area contributed by atoms with Gasteiger partial charge in [0.05, 0.1) is 16.5 Å². The molecule has 2 aromatic rings. The molecule has 10 heteroatoms. The number of nitrogens with zero attached hydrogens (tertiary/aromatic N) is 1. The van der Waals surface area contributed by atoms with Crippen LogP contribution in [0, 0.1) is 19.8 Å². The summed E-state index contributed by atoms with van der Waals surface area (Å²) in [6.07, 6.45) is 1.16. The molecule has 2 amide bonds. The van der Waals surface area contributed by atoms with E-state index < -0.39 is 15.9 Å². The Morgan fingerprint density at radius 3 is 2.78 bits per heavy atom. The molecule has 170 valence electrons. The van der Waals surface area contributed by atoms with Gasteiger partial charge >= 0.3 is 0 Å².